The van der Waals surface area contributed by atoms with Crippen LogP contribution < -0.4 is 4.74 Å². The Hall–Kier alpha value is -1.85. The van der Waals surface area contributed by atoms with Gasteiger partial charge in [0, 0.05) is 12.5 Å². The van der Waals surface area contributed by atoms with E-state index < -0.39 is 9.84 Å². The van der Waals surface area contributed by atoms with Crippen molar-refractivity contribution in [3.63, 3.8) is 0 Å². The summed E-state index contributed by atoms with van der Waals surface area (Å²) in [5.41, 5.74) is 1.18. The number of rotatable bonds is 4. The van der Waals surface area contributed by atoms with Gasteiger partial charge in [0.25, 0.3) is 0 Å². The SMILES string of the molecule is O=S(=O)(c1ccccc1)c1ccc2c(c1)OCC1C2CCN1CC1CCCC1. The van der Waals surface area contributed by atoms with Gasteiger partial charge in [-0.3, -0.25) is 4.90 Å². The molecule has 1 saturated heterocycles. The lowest BCUT2D eigenvalue weighted by molar-refractivity contribution is 0.132. The largest absolute Gasteiger partial charge is 0.492 e. The van der Waals surface area contributed by atoms with Crippen molar-refractivity contribution in [2.24, 2.45) is 5.92 Å². The summed E-state index contributed by atoms with van der Waals surface area (Å²) in [7, 11) is -3.51. The lowest BCUT2D eigenvalue weighted by Crippen LogP contribution is -2.41. The van der Waals surface area contributed by atoms with E-state index in [0.717, 1.165) is 24.6 Å². The van der Waals surface area contributed by atoms with E-state index in [9.17, 15) is 8.42 Å². The van der Waals surface area contributed by atoms with E-state index in [2.05, 4.69) is 4.90 Å². The van der Waals surface area contributed by atoms with Gasteiger partial charge in [-0.25, -0.2) is 8.42 Å². The molecule has 148 valence electrons. The average molecular weight is 398 g/mol. The van der Waals surface area contributed by atoms with Crippen LogP contribution in [-0.4, -0.2) is 39.1 Å². The second kappa shape index (κ2) is 7.20. The molecule has 28 heavy (non-hydrogen) atoms. The van der Waals surface area contributed by atoms with Crippen molar-refractivity contribution in [2.45, 2.75) is 53.9 Å². The molecule has 2 aromatic rings. The van der Waals surface area contributed by atoms with Crippen LogP contribution in [0.25, 0.3) is 0 Å². The molecule has 2 unspecified atom stereocenters. The number of sulfone groups is 1. The Morgan fingerprint density at radius 1 is 0.964 bits per heavy atom. The summed E-state index contributed by atoms with van der Waals surface area (Å²) in [6.07, 6.45) is 6.63. The molecule has 0 radical (unpaired) electrons. The maximum Gasteiger partial charge on any atom is 0.206 e. The number of nitrogens with zero attached hydrogens (tertiary/aromatic N) is 1. The zero-order chi connectivity index (χ0) is 19.1. The van der Waals surface area contributed by atoms with Gasteiger partial charge >= 0.3 is 0 Å². The van der Waals surface area contributed by atoms with Crippen molar-refractivity contribution >= 4 is 9.84 Å². The predicted molar refractivity (Wildman–Crippen MR) is 109 cm³/mol. The van der Waals surface area contributed by atoms with E-state index in [1.54, 1.807) is 36.4 Å². The molecule has 5 heteroatoms. The maximum absolute atomic E-state index is 12.9. The van der Waals surface area contributed by atoms with E-state index >= 15 is 0 Å². The molecular weight excluding hydrogens is 370 g/mol. The molecule has 0 N–H and O–H groups in total. The highest BCUT2D eigenvalue weighted by molar-refractivity contribution is 7.91. The summed E-state index contributed by atoms with van der Waals surface area (Å²) in [5.74, 6) is 2.05. The molecule has 2 atom stereocenters. The van der Waals surface area contributed by atoms with Gasteiger partial charge in [0.05, 0.1) is 15.8 Å². The summed E-state index contributed by atoms with van der Waals surface area (Å²) >= 11 is 0. The minimum atomic E-state index is -3.51. The number of benzene rings is 2. The summed E-state index contributed by atoms with van der Waals surface area (Å²) in [5, 5.41) is 0. The van der Waals surface area contributed by atoms with Crippen LogP contribution in [0.3, 0.4) is 0 Å². The normalized spacial score (nSPS) is 25.3. The highest BCUT2D eigenvalue weighted by Crippen LogP contribution is 2.44. The second-order valence-corrected chi connectivity index (χ2v) is 10.4. The van der Waals surface area contributed by atoms with Crippen LogP contribution in [0.4, 0.5) is 0 Å². The van der Waals surface area contributed by atoms with Gasteiger partial charge in [0.1, 0.15) is 12.4 Å². The van der Waals surface area contributed by atoms with Crippen molar-refractivity contribution in [3.8, 4) is 5.75 Å². The minimum Gasteiger partial charge on any atom is -0.492 e. The van der Waals surface area contributed by atoms with Crippen molar-refractivity contribution in [1.82, 2.24) is 4.90 Å². The molecule has 1 aliphatic carbocycles. The Kier molecular flexibility index (Phi) is 4.68. The van der Waals surface area contributed by atoms with Crippen LogP contribution in [0.1, 0.15) is 43.6 Å². The van der Waals surface area contributed by atoms with Gasteiger partial charge in [0.2, 0.25) is 9.84 Å². The third-order valence-corrected chi connectivity index (χ3v) is 8.55. The molecule has 0 bridgehead atoms. The van der Waals surface area contributed by atoms with Crippen molar-refractivity contribution in [2.75, 3.05) is 19.7 Å². The molecule has 5 rings (SSSR count). The van der Waals surface area contributed by atoms with Gasteiger partial charge in [0.15, 0.2) is 0 Å². The van der Waals surface area contributed by atoms with Crippen LogP contribution in [0.5, 0.6) is 5.75 Å². The van der Waals surface area contributed by atoms with Gasteiger partial charge in [-0.2, -0.15) is 0 Å². The topological polar surface area (TPSA) is 46.6 Å². The third-order valence-electron chi connectivity index (χ3n) is 6.79. The van der Waals surface area contributed by atoms with Crippen molar-refractivity contribution in [3.05, 3.63) is 54.1 Å². The predicted octanol–water partition coefficient (Wildman–Crippen LogP) is 4.26. The summed E-state index contributed by atoms with van der Waals surface area (Å²) in [4.78, 5) is 3.27. The van der Waals surface area contributed by atoms with E-state index in [0.29, 0.717) is 28.4 Å². The number of likely N-dealkylation sites (tertiary alicyclic amines) is 1. The Morgan fingerprint density at radius 3 is 2.54 bits per heavy atom. The molecular formula is C23H27NO3S. The van der Waals surface area contributed by atoms with Gasteiger partial charge in [-0.05, 0) is 61.6 Å². The quantitative estimate of drug-likeness (QED) is 0.773. The van der Waals surface area contributed by atoms with Gasteiger partial charge in [-0.15, -0.1) is 0 Å². The third kappa shape index (κ3) is 3.15. The minimum absolute atomic E-state index is 0.316. The second-order valence-electron chi connectivity index (χ2n) is 8.44. The van der Waals surface area contributed by atoms with Crippen LogP contribution >= 0.6 is 0 Å². The van der Waals surface area contributed by atoms with Gasteiger partial charge < -0.3 is 4.74 Å². The van der Waals surface area contributed by atoms with E-state index in [4.69, 9.17) is 4.74 Å². The van der Waals surface area contributed by atoms with Crippen molar-refractivity contribution < 1.29 is 13.2 Å². The molecule has 2 heterocycles. The fourth-order valence-corrected chi connectivity index (χ4v) is 6.57. The molecule has 0 spiro atoms. The zero-order valence-corrected chi connectivity index (χ0v) is 16.9. The fourth-order valence-electron chi connectivity index (χ4n) is 5.28. The Balaban J connectivity index is 1.39. The molecule has 0 aromatic heterocycles. The lowest BCUT2D eigenvalue weighted by Gasteiger charge is -2.34. The van der Waals surface area contributed by atoms with E-state index in [1.165, 1.54) is 37.8 Å². The Labute approximate surface area is 167 Å². The highest BCUT2D eigenvalue weighted by atomic mass is 32.2. The first-order valence-corrected chi connectivity index (χ1v) is 11.9. The maximum atomic E-state index is 12.9. The number of hydrogen-bond acceptors (Lipinski definition) is 4. The lowest BCUT2D eigenvalue weighted by atomic mass is 9.89. The number of hydrogen-bond donors (Lipinski definition) is 0. The first kappa shape index (κ1) is 18.2. The highest BCUT2D eigenvalue weighted by Gasteiger charge is 2.41. The number of ether oxygens (including phenoxy) is 1. The number of fused-ring (bicyclic) bond motifs is 3. The monoisotopic (exact) mass is 397 g/mol. The van der Waals surface area contributed by atoms with E-state index in [-0.39, 0.29) is 0 Å². The molecule has 4 nitrogen and oxygen atoms in total. The van der Waals surface area contributed by atoms with Crippen molar-refractivity contribution in [1.29, 1.82) is 0 Å². The standard InChI is InChI=1S/C23H27NO3S/c25-28(26,18-8-2-1-3-9-18)19-10-11-21-20-12-13-24(15-17-6-4-5-7-17)22(20)16-27-23(21)14-19/h1-3,8-11,14,17,20,22H,4-7,12-13,15-16H2. The Morgan fingerprint density at radius 2 is 1.75 bits per heavy atom. The van der Waals surface area contributed by atoms with Crippen LogP contribution in [-0.2, 0) is 9.84 Å². The Bertz CT molecular complexity index is 951. The van der Waals surface area contributed by atoms with Crippen LogP contribution in [0.2, 0.25) is 0 Å². The first-order valence-electron chi connectivity index (χ1n) is 10.4. The van der Waals surface area contributed by atoms with E-state index in [1.807, 2.05) is 12.1 Å². The first-order chi connectivity index (χ1) is 13.6. The molecule has 2 fully saturated rings. The summed E-state index contributed by atoms with van der Waals surface area (Å²) < 4.78 is 32.0. The molecule has 2 aromatic carbocycles. The molecule has 0 amide bonds. The average Bonchev–Trinajstić information content (AvgIpc) is 3.39. The molecule has 2 aliphatic heterocycles. The fraction of sp³-hybridized carbons (Fsp3) is 0.478. The van der Waals surface area contributed by atoms with Crippen LogP contribution in [0, 0.1) is 5.92 Å². The molecule has 3 aliphatic rings. The summed E-state index contributed by atoms with van der Waals surface area (Å²) in [6, 6.07) is 14.5. The molecule has 1 saturated carbocycles. The van der Waals surface area contributed by atoms with Crippen LogP contribution in [0.15, 0.2) is 58.3 Å². The smallest absolute Gasteiger partial charge is 0.206 e. The zero-order valence-electron chi connectivity index (χ0n) is 16.1. The summed E-state index contributed by atoms with van der Waals surface area (Å²) in [6.45, 7) is 2.98. The van der Waals surface area contributed by atoms with Gasteiger partial charge in [-0.1, -0.05) is 37.1 Å².